The number of alkyl halides is 6. The van der Waals surface area contributed by atoms with Crippen LogP contribution in [0.4, 0.5) is 26.3 Å². The SMILES string of the molecule is C/C=C(\N=C(C)c1ccc(C2=COC(c3ccc(-c4nc(C(F)(F)F)cn4C)cc3)N2)cc1)C(F)(F)F. The lowest BCUT2D eigenvalue weighted by Crippen LogP contribution is -2.15. The van der Waals surface area contributed by atoms with Crippen LogP contribution in [0.2, 0.25) is 0 Å². The Morgan fingerprint density at radius 3 is 2.16 bits per heavy atom. The highest BCUT2D eigenvalue weighted by Crippen LogP contribution is 2.32. The van der Waals surface area contributed by atoms with Crippen molar-refractivity contribution in [3.05, 3.63) is 95.1 Å². The summed E-state index contributed by atoms with van der Waals surface area (Å²) in [5, 5.41) is 3.21. The van der Waals surface area contributed by atoms with Crippen molar-refractivity contribution in [2.45, 2.75) is 32.4 Å². The van der Waals surface area contributed by atoms with E-state index in [0.717, 1.165) is 23.4 Å². The van der Waals surface area contributed by atoms with Crippen molar-refractivity contribution in [2.75, 3.05) is 0 Å². The van der Waals surface area contributed by atoms with Crippen LogP contribution in [-0.4, -0.2) is 21.4 Å². The van der Waals surface area contributed by atoms with Crippen LogP contribution in [0.5, 0.6) is 0 Å². The molecule has 0 bridgehead atoms. The van der Waals surface area contributed by atoms with E-state index in [1.165, 1.54) is 31.7 Å². The Balaban J connectivity index is 1.44. The number of allylic oxidation sites excluding steroid dienone is 2. The van der Waals surface area contributed by atoms with Crippen LogP contribution in [-0.2, 0) is 18.0 Å². The molecule has 37 heavy (non-hydrogen) atoms. The average Bonchev–Trinajstić information content (AvgIpc) is 3.49. The molecule has 0 saturated heterocycles. The highest BCUT2D eigenvalue weighted by Gasteiger charge is 2.35. The standard InChI is InChI=1S/C26H22F6N4O/c1-4-21(25(27,28)29)33-15(2)16-5-7-17(8-6-16)20-14-37-24(34-20)19-11-9-18(10-12-19)23-35-22(13-36(23)3)26(30,31)32/h4-14,24,34H,1-3H3/b21-4-,33-15?. The molecule has 5 nitrogen and oxygen atoms in total. The molecular formula is C26H22F6N4O. The number of aliphatic imine (C=N–C) groups is 1. The molecule has 11 heteroatoms. The fourth-order valence-electron chi connectivity index (χ4n) is 3.76. The van der Waals surface area contributed by atoms with Crippen molar-refractivity contribution in [3.8, 4) is 11.4 Å². The Hall–Kier alpha value is -4.02. The van der Waals surface area contributed by atoms with E-state index >= 15 is 0 Å². The third-order valence-electron chi connectivity index (χ3n) is 5.71. The Bertz CT molecular complexity index is 1360. The molecule has 1 aromatic heterocycles. The van der Waals surface area contributed by atoms with Crippen LogP contribution < -0.4 is 5.32 Å². The summed E-state index contributed by atoms with van der Waals surface area (Å²) in [6, 6.07) is 13.6. The summed E-state index contributed by atoms with van der Waals surface area (Å²) in [6.07, 6.45) is -6.18. The molecule has 1 unspecified atom stereocenters. The summed E-state index contributed by atoms with van der Waals surface area (Å²) in [7, 11) is 1.50. The number of benzene rings is 2. The lowest BCUT2D eigenvalue weighted by molar-refractivity contribution is -0.140. The molecule has 4 rings (SSSR count). The lowest BCUT2D eigenvalue weighted by Gasteiger charge is -2.14. The van der Waals surface area contributed by atoms with Gasteiger partial charge in [-0.3, -0.25) is 0 Å². The number of hydrogen-bond acceptors (Lipinski definition) is 4. The molecule has 2 aromatic carbocycles. The number of rotatable bonds is 5. The average molecular weight is 520 g/mol. The van der Waals surface area contributed by atoms with Crippen LogP contribution in [0.15, 0.2) is 77.8 Å². The molecular weight excluding hydrogens is 498 g/mol. The topological polar surface area (TPSA) is 51.4 Å². The summed E-state index contributed by atoms with van der Waals surface area (Å²) < 4.78 is 84.8. The second kappa shape index (κ2) is 9.79. The first-order valence-electron chi connectivity index (χ1n) is 11.1. The first-order chi connectivity index (χ1) is 17.4. The number of hydrogen-bond donors (Lipinski definition) is 1. The first-order valence-corrected chi connectivity index (χ1v) is 11.1. The van der Waals surface area contributed by atoms with Gasteiger partial charge in [0.25, 0.3) is 0 Å². The van der Waals surface area contributed by atoms with Gasteiger partial charge in [0.15, 0.2) is 11.9 Å². The zero-order valence-electron chi connectivity index (χ0n) is 19.9. The van der Waals surface area contributed by atoms with E-state index in [2.05, 4.69) is 15.3 Å². The second-order valence-corrected chi connectivity index (χ2v) is 8.32. The normalized spacial score (nSPS) is 16.9. The van der Waals surface area contributed by atoms with E-state index in [1.807, 2.05) is 0 Å². The summed E-state index contributed by atoms with van der Waals surface area (Å²) in [5.41, 5.74) is 1.54. The van der Waals surface area contributed by atoms with E-state index in [-0.39, 0.29) is 11.5 Å². The molecule has 1 N–H and O–H groups in total. The molecule has 0 amide bonds. The first kappa shape index (κ1) is 26.1. The molecule has 194 valence electrons. The zero-order chi connectivity index (χ0) is 27.0. The van der Waals surface area contributed by atoms with Crippen LogP contribution in [0.1, 0.15) is 42.5 Å². The summed E-state index contributed by atoms with van der Waals surface area (Å²) in [4.78, 5) is 7.39. The van der Waals surface area contributed by atoms with Crippen molar-refractivity contribution in [1.29, 1.82) is 0 Å². The highest BCUT2D eigenvalue weighted by atomic mass is 19.4. The van der Waals surface area contributed by atoms with Crippen LogP contribution in [0.3, 0.4) is 0 Å². The molecule has 0 aliphatic carbocycles. The van der Waals surface area contributed by atoms with Crippen molar-refractivity contribution in [2.24, 2.45) is 12.0 Å². The van der Waals surface area contributed by atoms with Crippen molar-refractivity contribution in [3.63, 3.8) is 0 Å². The maximum atomic E-state index is 13.0. The predicted octanol–water partition coefficient (Wildman–Crippen LogP) is 7.00. The van der Waals surface area contributed by atoms with Crippen LogP contribution in [0.25, 0.3) is 17.1 Å². The van der Waals surface area contributed by atoms with E-state index < -0.39 is 30.0 Å². The monoisotopic (exact) mass is 520 g/mol. The summed E-state index contributed by atoms with van der Waals surface area (Å²) in [5.74, 6) is 0.189. The van der Waals surface area contributed by atoms with Crippen LogP contribution >= 0.6 is 0 Å². The highest BCUT2D eigenvalue weighted by molar-refractivity contribution is 5.99. The summed E-state index contributed by atoms with van der Waals surface area (Å²) in [6.45, 7) is 2.79. The van der Waals surface area contributed by atoms with Crippen molar-refractivity contribution in [1.82, 2.24) is 14.9 Å². The van der Waals surface area contributed by atoms with Gasteiger partial charge < -0.3 is 14.6 Å². The number of nitrogens with zero attached hydrogens (tertiary/aromatic N) is 3. The minimum atomic E-state index is -4.53. The van der Waals surface area contributed by atoms with Gasteiger partial charge in [-0.2, -0.15) is 26.3 Å². The van der Waals surface area contributed by atoms with E-state index in [9.17, 15) is 26.3 Å². The third kappa shape index (κ3) is 5.71. The van der Waals surface area contributed by atoms with Gasteiger partial charge in [0, 0.05) is 35.6 Å². The third-order valence-corrected chi connectivity index (χ3v) is 5.71. The smallest absolute Gasteiger partial charge is 0.434 e. The molecule has 1 aliphatic heterocycles. The van der Waals surface area contributed by atoms with Gasteiger partial charge in [-0.1, -0.05) is 54.6 Å². The molecule has 0 fully saturated rings. The molecule has 2 heterocycles. The van der Waals surface area contributed by atoms with Gasteiger partial charge >= 0.3 is 12.4 Å². The predicted molar refractivity (Wildman–Crippen MR) is 127 cm³/mol. The number of halogens is 6. The Labute approximate surface area is 208 Å². The molecule has 0 saturated carbocycles. The Kier molecular flexibility index (Phi) is 6.90. The Morgan fingerprint density at radius 1 is 1.00 bits per heavy atom. The van der Waals surface area contributed by atoms with E-state index in [0.29, 0.717) is 16.8 Å². The second-order valence-electron chi connectivity index (χ2n) is 8.32. The zero-order valence-corrected chi connectivity index (χ0v) is 19.9. The van der Waals surface area contributed by atoms with Gasteiger partial charge in [-0.25, -0.2) is 9.98 Å². The number of imidazole rings is 1. The van der Waals surface area contributed by atoms with Crippen molar-refractivity contribution >= 4 is 11.4 Å². The largest absolute Gasteiger partial charge is 0.472 e. The number of aromatic nitrogens is 2. The molecule has 1 aliphatic rings. The van der Waals surface area contributed by atoms with Gasteiger partial charge in [-0.05, 0) is 19.4 Å². The molecule has 3 aromatic rings. The molecule has 0 radical (unpaired) electrons. The minimum absolute atomic E-state index is 0.189. The van der Waals surface area contributed by atoms with E-state index in [1.54, 1.807) is 48.5 Å². The summed E-state index contributed by atoms with van der Waals surface area (Å²) >= 11 is 0. The fourth-order valence-corrected chi connectivity index (χ4v) is 3.76. The van der Waals surface area contributed by atoms with E-state index in [4.69, 9.17) is 4.74 Å². The maximum absolute atomic E-state index is 13.0. The van der Waals surface area contributed by atoms with Gasteiger partial charge in [0.05, 0.1) is 5.70 Å². The quantitative estimate of drug-likeness (QED) is 0.291. The Morgan fingerprint density at radius 2 is 1.62 bits per heavy atom. The fraction of sp³-hybridized carbons (Fsp3) is 0.231. The molecule has 0 spiro atoms. The van der Waals surface area contributed by atoms with Crippen LogP contribution in [0, 0.1) is 0 Å². The number of ether oxygens (including phenoxy) is 1. The van der Waals surface area contributed by atoms with Gasteiger partial charge in [0.1, 0.15) is 17.8 Å². The van der Waals surface area contributed by atoms with Gasteiger partial charge in [-0.15, -0.1) is 0 Å². The van der Waals surface area contributed by atoms with Gasteiger partial charge in [0.2, 0.25) is 0 Å². The molecule has 1 atom stereocenters. The number of nitrogens with one attached hydrogen (secondary N) is 1. The maximum Gasteiger partial charge on any atom is 0.434 e. The number of aryl methyl sites for hydroxylation is 1. The van der Waals surface area contributed by atoms with Crippen molar-refractivity contribution < 1.29 is 31.1 Å². The lowest BCUT2D eigenvalue weighted by atomic mass is 10.1. The minimum Gasteiger partial charge on any atom is -0.472 e.